The molecular weight excluding hydrogens is 236 g/mol. The van der Waals surface area contributed by atoms with E-state index in [-0.39, 0.29) is 0 Å². The Morgan fingerprint density at radius 1 is 1.54 bits per heavy atom. The van der Waals surface area contributed by atoms with Gasteiger partial charge in [0.2, 0.25) is 0 Å². The van der Waals surface area contributed by atoms with Crippen molar-refractivity contribution in [3.63, 3.8) is 0 Å². The first-order valence-electron chi connectivity index (χ1n) is 3.72. The van der Waals surface area contributed by atoms with Gasteiger partial charge in [0, 0.05) is 11.8 Å². The molecule has 5 heteroatoms. The zero-order valence-corrected chi connectivity index (χ0v) is 8.22. The molecule has 0 saturated heterocycles. The number of fused-ring (bicyclic) bond motifs is 1. The van der Waals surface area contributed by atoms with Crippen molar-refractivity contribution in [1.29, 1.82) is 0 Å². The first-order valence-corrected chi connectivity index (χ1v) is 4.84. The zero-order valence-electron chi connectivity index (χ0n) is 6.63. The average Bonchev–Trinajstić information content (AvgIpc) is 2.44. The monoisotopic (exact) mass is 242 g/mol. The summed E-state index contributed by atoms with van der Waals surface area (Å²) in [6.45, 7) is 0. The summed E-state index contributed by atoms with van der Waals surface area (Å²) in [5.41, 5.74) is 2.85. The van der Waals surface area contributed by atoms with Crippen LogP contribution in [0.15, 0.2) is 27.4 Å². The molecule has 4 nitrogen and oxygen atoms in total. The molecule has 0 radical (unpaired) electrons. The van der Waals surface area contributed by atoms with Crippen LogP contribution in [-0.4, -0.2) is 10.4 Å². The van der Waals surface area contributed by atoms with Gasteiger partial charge in [-0.15, -0.1) is 0 Å². The molecule has 13 heavy (non-hydrogen) atoms. The van der Waals surface area contributed by atoms with E-state index in [2.05, 4.69) is 26.2 Å². The van der Waals surface area contributed by atoms with Gasteiger partial charge in [0.1, 0.15) is 0 Å². The molecule has 1 aromatic heterocycles. The number of rotatable bonds is 2. The summed E-state index contributed by atoms with van der Waals surface area (Å²) < 4.78 is 4.89. The maximum atomic E-state index is 10.8. The van der Waals surface area contributed by atoms with E-state index in [0.717, 1.165) is 5.69 Å². The quantitative estimate of drug-likeness (QED) is 0.625. The van der Waals surface area contributed by atoms with E-state index in [0.29, 0.717) is 16.6 Å². The number of aromatic amines is 1. The lowest BCUT2D eigenvalue weighted by Crippen LogP contribution is -1.92. The first kappa shape index (κ1) is 8.37. The van der Waals surface area contributed by atoms with Crippen LogP contribution < -0.4 is 11.1 Å². The summed E-state index contributed by atoms with van der Waals surface area (Å²) in [5, 5.41) is 3.05. The van der Waals surface area contributed by atoms with Gasteiger partial charge in [-0.2, -0.15) is 0 Å². The summed E-state index contributed by atoms with van der Waals surface area (Å²) in [4.78, 5) is 13.4. The minimum Gasteiger partial charge on any atom is -0.408 e. The van der Waals surface area contributed by atoms with Crippen molar-refractivity contribution in [2.75, 3.05) is 10.8 Å². The molecule has 0 aliphatic rings. The van der Waals surface area contributed by atoms with Gasteiger partial charge in [-0.05, 0) is 12.1 Å². The third-order valence-corrected chi connectivity index (χ3v) is 1.97. The maximum Gasteiger partial charge on any atom is 0.417 e. The molecule has 0 unspecified atom stereocenters. The molecular formula is C8H7BrN2O2. The SMILES string of the molecule is O=c1[nH]c2ccc(NCBr)cc2o1. The fourth-order valence-electron chi connectivity index (χ4n) is 1.13. The summed E-state index contributed by atoms with van der Waals surface area (Å²) in [7, 11) is 0. The molecule has 0 fully saturated rings. The summed E-state index contributed by atoms with van der Waals surface area (Å²) in [5.74, 6) is -0.425. The van der Waals surface area contributed by atoms with Crippen LogP contribution in [0.1, 0.15) is 0 Å². The Kier molecular flexibility index (Phi) is 2.10. The predicted octanol–water partition coefficient (Wildman–Crippen LogP) is 1.89. The Labute approximate surface area is 82.1 Å². The Morgan fingerprint density at radius 2 is 2.38 bits per heavy atom. The van der Waals surface area contributed by atoms with Gasteiger partial charge in [0.05, 0.1) is 11.0 Å². The lowest BCUT2D eigenvalue weighted by molar-refractivity contribution is 0.555. The normalized spacial score (nSPS) is 10.5. The molecule has 0 spiro atoms. The summed E-state index contributed by atoms with van der Waals surface area (Å²) in [6, 6.07) is 5.44. The Bertz CT molecular complexity index is 474. The third-order valence-electron chi connectivity index (χ3n) is 1.69. The highest BCUT2D eigenvalue weighted by molar-refractivity contribution is 9.09. The maximum absolute atomic E-state index is 10.8. The number of hydrogen-bond acceptors (Lipinski definition) is 3. The van der Waals surface area contributed by atoms with Crippen molar-refractivity contribution >= 4 is 32.7 Å². The number of alkyl halides is 1. The van der Waals surface area contributed by atoms with Crippen molar-refractivity contribution in [3.8, 4) is 0 Å². The van der Waals surface area contributed by atoms with Crippen LogP contribution in [-0.2, 0) is 0 Å². The van der Waals surface area contributed by atoms with Crippen LogP contribution >= 0.6 is 15.9 Å². The molecule has 0 amide bonds. The fourth-order valence-corrected chi connectivity index (χ4v) is 1.46. The van der Waals surface area contributed by atoms with Crippen LogP contribution in [0.5, 0.6) is 0 Å². The first-order chi connectivity index (χ1) is 6.29. The van der Waals surface area contributed by atoms with Crippen molar-refractivity contribution < 1.29 is 4.42 Å². The topological polar surface area (TPSA) is 58.0 Å². The van der Waals surface area contributed by atoms with Crippen LogP contribution in [0.3, 0.4) is 0 Å². The van der Waals surface area contributed by atoms with Gasteiger partial charge in [-0.1, -0.05) is 15.9 Å². The van der Waals surface area contributed by atoms with E-state index < -0.39 is 5.76 Å². The number of aromatic nitrogens is 1. The molecule has 0 aliphatic heterocycles. The lowest BCUT2D eigenvalue weighted by Gasteiger charge is -1.99. The van der Waals surface area contributed by atoms with Crippen LogP contribution in [0.4, 0.5) is 5.69 Å². The van der Waals surface area contributed by atoms with Crippen molar-refractivity contribution in [2.24, 2.45) is 0 Å². The number of benzene rings is 1. The van der Waals surface area contributed by atoms with E-state index in [4.69, 9.17) is 4.42 Å². The van der Waals surface area contributed by atoms with Gasteiger partial charge >= 0.3 is 5.76 Å². The van der Waals surface area contributed by atoms with Gasteiger partial charge in [0.15, 0.2) is 5.58 Å². The summed E-state index contributed by atoms with van der Waals surface area (Å²) >= 11 is 3.24. The van der Waals surface area contributed by atoms with Crippen molar-refractivity contribution in [3.05, 3.63) is 28.7 Å². The molecule has 0 saturated carbocycles. The standard InChI is InChI=1S/C8H7BrN2O2/c9-4-10-5-1-2-6-7(3-5)13-8(12)11-6/h1-3,10H,4H2,(H,11,12). The van der Waals surface area contributed by atoms with Crippen LogP contribution in [0.25, 0.3) is 11.1 Å². The molecule has 1 heterocycles. The van der Waals surface area contributed by atoms with Crippen molar-refractivity contribution in [1.82, 2.24) is 4.98 Å². The molecule has 2 N–H and O–H groups in total. The molecule has 2 aromatic rings. The molecule has 0 aliphatic carbocycles. The number of oxazole rings is 1. The van der Waals surface area contributed by atoms with Crippen LogP contribution in [0.2, 0.25) is 0 Å². The third kappa shape index (κ3) is 1.60. The Morgan fingerprint density at radius 3 is 3.15 bits per heavy atom. The predicted molar refractivity (Wildman–Crippen MR) is 54.3 cm³/mol. The molecule has 0 atom stereocenters. The second kappa shape index (κ2) is 3.26. The van der Waals surface area contributed by atoms with Gasteiger partial charge in [0.25, 0.3) is 0 Å². The smallest absolute Gasteiger partial charge is 0.408 e. The molecule has 68 valence electrons. The van der Waals surface area contributed by atoms with Gasteiger partial charge in [-0.3, -0.25) is 4.98 Å². The van der Waals surface area contributed by atoms with Crippen molar-refractivity contribution in [2.45, 2.75) is 0 Å². The minimum absolute atomic E-state index is 0.425. The number of nitrogens with one attached hydrogen (secondary N) is 2. The lowest BCUT2D eigenvalue weighted by atomic mass is 10.3. The van der Waals surface area contributed by atoms with Gasteiger partial charge in [-0.25, -0.2) is 4.79 Å². The molecule has 2 rings (SSSR count). The number of H-pyrrole nitrogens is 1. The van der Waals surface area contributed by atoms with E-state index >= 15 is 0 Å². The highest BCUT2D eigenvalue weighted by atomic mass is 79.9. The highest BCUT2D eigenvalue weighted by Gasteiger charge is 2.00. The summed E-state index contributed by atoms with van der Waals surface area (Å²) in [6.07, 6.45) is 0. The molecule has 1 aromatic carbocycles. The number of halogens is 1. The average molecular weight is 243 g/mol. The number of anilines is 1. The van der Waals surface area contributed by atoms with E-state index in [9.17, 15) is 4.79 Å². The Balaban J connectivity index is 2.54. The van der Waals surface area contributed by atoms with Crippen LogP contribution in [0, 0.1) is 0 Å². The Hall–Kier alpha value is -1.23. The number of hydrogen-bond donors (Lipinski definition) is 2. The zero-order chi connectivity index (χ0) is 9.26. The van der Waals surface area contributed by atoms with Gasteiger partial charge < -0.3 is 9.73 Å². The van der Waals surface area contributed by atoms with E-state index in [1.807, 2.05) is 6.07 Å². The second-order valence-corrected chi connectivity index (χ2v) is 3.10. The molecule has 0 bridgehead atoms. The minimum atomic E-state index is -0.425. The van der Waals surface area contributed by atoms with E-state index in [1.165, 1.54) is 0 Å². The highest BCUT2D eigenvalue weighted by Crippen LogP contribution is 2.16. The second-order valence-electron chi connectivity index (χ2n) is 2.54. The fraction of sp³-hybridized carbons (Fsp3) is 0.125. The van der Waals surface area contributed by atoms with E-state index in [1.54, 1.807) is 12.1 Å². The largest absolute Gasteiger partial charge is 0.417 e.